The average molecular weight is 383 g/mol. The molecule has 0 unspecified atom stereocenters. The predicted molar refractivity (Wildman–Crippen MR) is 65.7 cm³/mol. The van der Waals surface area contributed by atoms with Gasteiger partial charge < -0.3 is 9.88 Å². The van der Waals surface area contributed by atoms with Crippen molar-refractivity contribution in [2.45, 2.75) is 29.8 Å². The number of sulfonamides is 1. The molecule has 3 N–H and O–H groups in total. The minimum atomic E-state index is -5.87. The van der Waals surface area contributed by atoms with Crippen molar-refractivity contribution in [1.29, 1.82) is 0 Å². The molecule has 0 atom stereocenters. The molecule has 0 spiro atoms. The maximum Gasteiger partial charge on any atom is 0.420 e. The van der Waals surface area contributed by atoms with Gasteiger partial charge in [-0.1, -0.05) is 0 Å². The number of alkyl halides is 6. The number of aryl methyl sites for hydroxylation is 1. The van der Waals surface area contributed by atoms with Crippen molar-refractivity contribution in [1.82, 2.24) is 25.1 Å². The molecule has 1 aromatic rings. The number of carbonyl (C=O) groups is 1. The van der Waals surface area contributed by atoms with Crippen LogP contribution >= 0.6 is 0 Å². The Balaban J connectivity index is 2.85. The zero-order valence-corrected chi connectivity index (χ0v) is 12.8. The van der Waals surface area contributed by atoms with Crippen LogP contribution in [0, 0.1) is 0 Å². The van der Waals surface area contributed by atoms with E-state index in [1.807, 2.05) is 0 Å². The number of aromatic nitrogens is 2. The highest BCUT2D eigenvalue weighted by Crippen LogP contribution is 2.42. The maximum absolute atomic E-state index is 12.6. The van der Waals surface area contributed by atoms with Crippen molar-refractivity contribution in [3.63, 3.8) is 0 Å². The van der Waals surface area contributed by atoms with Crippen LogP contribution in [0.1, 0.15) is 6.92 Å². The average Bonchev–Trinajstić information content (AvgIpc) is 2.81. The van der Waals surface area contributed by atoms with Crippen molar-refractivity contribution >= 4 is 16.1 Å². The molecule has 138 valence electrons. The van der Waals surface area contributed by atoms with E-state index < -0.39 is 39.0 Å². The van der Waals surface area contributed by atoms with Crippen LogP contribution in [-0.2, 0) is 17.1 Å². The number of rotatable bonds is 4. The summed E-state index contributed by atoms with van der Waals surface area (Å²) < 4.78 is 100. The van der Waals surface area contributed by atoms with E-state index in [2.05, 4.69) is 4.98 Å². The van der Waals surface area contributed by atoms with Gasteiger partial charge >= 0.3 is 18.4 Å². The Morgan fingerprint density at radius 3 is 2.04 bits per heavy atom. The molecule has 8 nitrogen and oxygen atoms in total. The summed E-state index contributed by atoms with van der Waals surface area (Å²) in [4.78, 5) is 16.0. The van der Waals surface area contributed by atoms with Gasteiger partial charge in [0, 0.05) is 13.2 Å². The molecule has 2 amide bonds. The number of nitrogens with one attached hydrogen (secondary N) is 3. The van der Waals surface area contributed by atoms with E-state index in [9.17, 15) is 39.6 Å². The first-order chi connectivity index (χ1) is 10.6. The molecule has 1 heterocycles. The Hall–Kier alpha value is -2.03. The van der Waals surface area contributed by atoms with E-state index in [0.717, 1.165) is 12.5 Å². The van der Waals surface area contributed by atoms with Crippen molar-refractivity contribution in [3.05, 3.63) is 12.5 Å². The highest BCUT2D eigenvalue weighted by Gasteiger charge is 2.68. The SMILES string of the molecule is Cn1cnc(S(=O)(=O)NNC(=O)NC(C)(C(F)(F)F)C(F)(F)F)c1. The summed E-state index contributed by atoms with van der Waals surface area (Å²) in [7, 11) is -3.07. The van der Waals surface area contributed by atoms with E-state index in [1.54, 1.807) is 0 Å². The molecular weight excluding hydrogens is 372 g/mol. The first kappa shape index (κ1) is 20.0. The third kappa shape index (κ3) is 4.08. The van der Waals surface area contributed by atoms with Crippen molar-refractivity contribution in [3.8, 4) is 0 Å². The monoisotopic (exact) mass is 383 g/mol. The maximum atomic E-state index is 12.6. The largest absolute Gasteiger partial charge is 0.420 e. The van der Waals surface area contributed by atoms with E-state index >= 15 is 0 Å². The number of amides is 2. The fourth-order valence-electron chi connectivity index (χ4n) is 1.25. The van der Waals surface area contributed by atoms with Gasteiger partial charge in [-0.2, -0.15) is 26.3 Å². The standard InChI is InChI=1S/C9H11F6N5O3S/c1-7(8(10,11)12,9(13,14)15)17-6(21)18-19-24(22,23)5-3-20(2)4-16-5/h3-4,19H,1-2H3,(H2,17,18,21). The number of halogens is 6. The van der Waals surface area contributed by atoms with Gasteiger partial charge in [-0.15, -0.1) is 4.83 Å². The lowest BCUT2D eigenvalue weighted by atomic mass is 10.0. The van der Waals surface area contributed by atoms with E-state index in [-0.39, 0.29) is 6.92 Å². The van der Waals surface area contributed by atoms with Crippen LogP contribution in [0.15, 0.2) is 17.6 Å². The molecule has 0 aliphatic rings. The summed E-state index contributed by atoms with van der Waals surface area (Å²) in [6.45, 7) is -0.306. The quantitative estimate of drug-likeness (QED) is 0.528. The van der Waals surface area contributed by atoms with Crippen LogP contribution in [-0.4, -0.2) is 41.9 Å². The molecule has 0 aliphatic heterocycles. The first-order valence-corrected chi connectivity index (χ1v) is 7.30. The van der Waals surface area contributed by atoms with E-state index in [4.69, 9.17) is 0 Å². The third-order valence-corrected chi connectivity index (χ3v) is 3.89. The van der Waals surface area contributed by atoms with Crippen LogP contribution in [0.2, 0.25) is 0 Å². The first-order valence-electron chi connectivity index (χ1n) is 5.81. The summed E-state index contributed by atoms with van der Waals surface area (Å²) in [6.07, 6.45) is -9.69. The van der Waals surface area contributed by atoms with Gasteiger partial charge in [-0.05, 0) is 6.92 Å². The molecule has 0 aromatic carbocycles. The zero-order valence-electron chi connectivity index (χ0n) is 11.9. The normalized spacial score (nSPS) is 13.7. The van der Waals surface area contributed by atoms with Gasteiger partial charge in [0.05, 0.1) is 6.33 Å². The lowest BCUT2D eigenvalue weighted by Crippen LogP contribution is -2.67. The summed E-state index contributed by atoms with van der Waals surface area (Å²) >= 11 is 0. The Kier molecular flexibility index (Phi) is 5.10. The van der Waals surface area contributed by atoms with Gasteiger partial charge in [-0.3, -0.25) is 5.43 Å². The van der Waals surface area contributed by atoms with Crippen LogP contribution in [0.5, 0.6) is 0 Å². The van der Waals surface area contributed by atoms with Crippen molar-refractivity contribution < 1.29 is 39.6 Å². The van der Waals surface area contributed by atoms with Crippen LogP contribution in [0.4, 0.5) is 31.1 Å². The summed E-state index contributed by atoms with van der Waals surface area (Å²) in [5, 5.41) is 0.0386. The van der Waals surface area contributed by atoms with Crippen LogP contribution < -0.4 is 15.6 Å². The molecule has 0 saturated heterocycles. The van der Waals surface area contributed by atoms with Gasteiger partial charge in [0.1, 0.15) is 0 Å². The van der Waals surface area contributed by atoms with Gasteiger partial charge in [0.15, 0.2) is 5.03 Å². The zero-order chi connectivity index (χ0) is 19.0. The predicted octanol–water partition coefficient (Wildman–Crippen LogP) is 0.796. The second-order valence-electron chi connectivity index (χ2n) is 4.68. The number of hydrazine groups is 1. The Morgan fingerprint density at radius 1 is 1.17 bits per heavy atom. The van der Waals surface area contributed by atoms with Gasteiger partial charge in [-0.25, -0.2) is 18.2 Å². The Morgan fingerprint density at radius 2 is 1.67 bits per heavy atom. The summed E-state index contributed by atoms with van der Waals surface area (Å²) in [5.41, 5.74) is -3.39. The van der Waals surface area contributed by atoms with Crippen LogP contribution in [0.3, 0.4) is 0 Å². The molecule has 1 aromatic heterocycles. The number of hydrogen-bond donors (Lipinski definition) is 3. The van der Waals surface area contributed by atoms with Crippen molar-refractivity contribution in [2.75, 3.05) is 0 Å². The summed E-state index contributed by atoms with van der Waals surface area (Å²) in [6, 6.07) is -2.06. The summed E-state index contributed by atoms with van der Waals surface area (Å²) in [5.74, 6) is 0. The van der Waals surface area contributed by atoms with Crippen LogP contribution in [0.25, 0.3) is 0 Å². The molecule has 0 fully saturated rings. The fourth-order valence-corrected chi connectivity index (χ4v) is 2.08. The van der Waals surface area contributed by atoms with Crippen molar-refractivity contribution in [2.24, 2.45) is 7.05 Å². The second kappa shape index (κ2) is 6.12. The highest BCUT2D eigenvalue weighted by atomic mass is 32.2. The highest BCUT2D eigenvalue weighted by molar-refractivity contribution is 7.89. The molecule has 15 heteroatoms. The minimum absolute atomic E-state index is 0.306. The molecule has 0 saturated carbocycles. The molecule has 24 heavy (non-hydrogen) atoms. The molecule has 0 radical (unpaired) electrons. The molecular formula is C9H11F6N5O3S. The number of hydrogen-bond acceptors (Lipinski definition) is 4. The number of nitrogens with zero attached hydrogens (tertiary/aromatic N) is 2. The third-order valence-electron chi connectivity index (χ3n) is 2.75. The lowest BCUT2D eigenvalue weighted by molar-refractivity contribution is -0.297. The lowest BCUT2D eigenvalue weighted by Gasteiger charge is -2.34. The molecule has 0 bridgehead atoms. The smallest absolute Gasteiger partial charge is 0.339 e. The van der Waals surface area contributed by atoms with Gasteiger partial charge in [0.25, 0.3) is 10.0 Å². The fraction of sp³-hybridized carbons (Fsp3) is 0.556. The topological polar surface area (TPSA) is 105 Å². The number of imidazole rings is 1. The number of urea groups is 1. The molecule has 1 rings (SSSR count). The van der Waals surface area contributed by atoms with Gasteiger partial charge in [0.2, 0.25) is 5.54 Å². The number of carbonyl (C=O) groups excluding carboxylic acids is 1. The second-order valence-corrected chi connectivity index (χ2v) is 6.31. The molecule has 0 aliphatic carbocycles. The Labute approximate surface area is 131 Å². The Bertz CT molecular complexity index is 696. The van der Waals surface area contributed by atoms with E-state index in [0.29, 0.717) is 5.32 Å². The van der Waals surface area contributed by atoms with E-state index in [1.165, 1.54) is 21.9 Å². The minimum Gasteiger partial charge on any atom is -0.339 e.